The summed E-state index contributed by atoms with van der Waals surface area (Å²) in [6.45, 7) is 2.24. The number of aliphatic hydroxyl groups is 1. The van der Waals surface area contributed by atoms with E-state index in [1.165, 1.54) is 11.1 Å². The van der Waals surface area contributed by atoms with E-state index in [0.29, 0.717) is 0 Å². The van der Waals surface area contributed by atoms with Crippen molar-refractivity contribution in [1.82, 2.24) is 14.9 Å². The van der Waals surface area contributed by atoms with Gasteiger partial charge in [0, 0.05) is 13.7 Å². The van der Waals surface area contributed by atoms with Crippen molar-refractivity contribution in [3.05, 3.63) is 30.1 Å². The molecule has 0 aliphatic rings. The zero-order valence-corrected chi connectivity index (χ0v) is 10.9. The Kier molecular flexibility index (Phi) is 4.73. The Morgan fingerprint density at radius 3 is 3.00 bits per heavy atom. The second-order valence-electron chi connectivity index (χ2n) is 4.61. The van der Waals surface area contributed by atoms with Gasteiger partial charge >= 0.3 is 0 Å². The molecule has 98 valence electrons. The lowest BCUT2D eigenvalue weighted by Gasteiger charge is -2.04. The highest BCUT2D eigenvalue weighted by Gasteiger charge is 2.00. The highest BCUT2D eigenvalue weighted by molar-refractivity contribution is 5.75. The molecule has 0 aliphatic heterocycles. The predicted molar refractivity (Wildman–Crippen MR) is 73.6 cm³/mol. The minimum atomic E-state index is 0.290. The maximum Gasteiger partial charge on any atom is 0.0955 e. The van der Waals surface area contributed by atoms with Crippen molar-refractivity contribution in [3.8, 4) is 0 Å². The maximum absolute atomic E-state index is 8.67. The van der Waals surface area contributed by atoms with Crippen molar-refractivity contribution in [2.75, 3.05) is 19.7 Å². The molecule has 0 radical (unpaired) electrons. The van der Waals surface area contributed by atoms with E-state index in [-0.39, 0.29) is 6.61 Å². The summed E-state index contributed by atoms with van der Waals surface area (Å²) in [5.74, 6) is 0. The molecule has 18 heavy (non-hydrogen) atoms. The molecule has 1 heterocycles. The van der Waals surface area contributed by atoms with Crippen LogP contribution < -0.4 is 5.32 Å². The largest absolute Gasteiger partial charge is 0.396 e. The molecule has 0 unspecified atom stereocenters. The van der Waals surface area contributed by atoms with Crippen molar-refractivity contribution in [1.29, 1.82) is 0 Å². The molecular formula is C14H21N3O. The van der Waals surface area contributed by atoms with Gasteiger partial charge in [0.05, 0.1) is 17.4 Å². The summed E-state index contributed by atoms with van der Waals surface area (Å²) >= 11 is 0. The van der Waals surface area contributed by atoms with Gasteiger partial charge in [0.2, 0.25) is 0 Å². The van der Waals surface area contributed by atoms with Crippen LogP contribution in [0.2, 0.25) is 0 Å². The van der Waals surface area contributed by atoms with Gasteiger partial charge in [-0.15, -0.1) is 0 Å². The van der Waals surface area contributed by atoms with E-state index in [0.717, 1.165) is 37.9 Å². The first-order chi connectivity index (χ1) is 8.81. The quantitative estimate of drug-likeness (QED) is 0.729. The van der Waals surface area contributed by atoms with Crippen LogP contribution in [0.5, 0.6) is 0 Å². The number of benzene rings is 1. The Morgan fingerprint density at radius 1 is 1.28 bits per heavy atom. The molecule has 0 aliphatic carbocycles. The summed E-state index contributed by atoms with van der Waals surface area (Å²) in [7, 11) is 2.01. The van der Waals surface area contributed by atoms with Crippen LogP contribution in [0.3, 0.4) is 0 Å². The normalized spacial score (nSPS) is 11.2. The molecule has 0 spiro atoms. The van der Waals surface area contributed by atoms with E-state index >= 15 is 0 Å². The SMILES string of the molecule is Cn1cnc2cc(CCNCCCCO)ccc21. The average Bonchev–Trinajstić information content (AvgIpc) is 2.75. The second-order valence-corrected chi connectivity index (χ2v) is 4.61. The second kappa shape index (κ2) is 6.52. The maximum atomic E-state index is 8.67. The highest BCUT2D eigenvalue weighted by Crippen LogP contribution is 2.13. The third-order valence-electron chi connectivity index (χ3n) is 3.14. The summed E-state index contributed by atoms with van der Waals surface area (Å²) in [5, 5.41) is 12.1. The Morgan fingerprint density at radius 2 is 2.17 bits per heavy atom. The van der Waals surface area contributed by atoms with E-state index < -0.39 is 0 Å². The van der Waals surface area contributed by atoms with Crippen LogP contribution in [0.25, 0.3) is 11.0 Å². The van der Waals surface area contributed by atoms with Crippen molar-refractivity contribution >= 4 is 11.0 Å². The lowest BCUT2D eigenvalue weighted by atomic mass is 10.1. The number of unbranched alkanes of at least 4 members (excludes halogenated alkanes) is 1. The lowest BCUT2D eigenvalue weighted by molar-refractivity contribution is 0.284. The first-order valence-corrected chi connectivity index (χ1v) is 6.53. The number of hydrogen-bond acceptors (Lipinski definition) is 3. The number of aromatic nitrogens is 2. The number of aryl methyl sites for hydroxylation is 1. The van der Waals surface area contributed by atoms with Crippen LogP contribution in [0.1, 0.15) is 18.4 Å². The van der Waals surface area contributed by atoms with Gasteiger partial charge in [-0.2, -0.15) is 0 Å². The van der Waals surface area contributed by atoms with E-state index in [1.54, 1.807) is 0 Å². The van der Waals surface area contributed by atoms with Gasteiger partial charge in [-0.1, -0.05) is 6.07 Å². The summed E-state index contributed by atoms with van der Waals surface area (Å²) in [6, 6.07) is 6.45. The zero-order valence-electron chi connectivity index (χ0n) is 10.9. The molecular weight excluding hydrogens is 226 g/mol. The van der Waals surface area contributed by atoms with E-state index in [2.05, 4.69) is 28.5 Å². The Labute approximate surface area is 108 Å². The fraction of sp³-hybridized carbons (Fsp3) is 0.500. The molecule has 0 amide bonds. The molecule has 0 atom stereocenters. The van der Waals surface area contributed by atoms with Crippen LogP contribution in [-0.4, -0.2) is 34.4 Å². The van der Waals surface area contributed by atoms with Gasteiger partial charge in [0.15, 0.2) is 0 Å². The summed E-state index contributed by atoms with van der Waals surface area (Å²) in [5.41, 5.74) is 3.56. The predicted octanol–water partition coefficient (Wildman–Crippen LogP) is 1.48. The van der Waals surface area contributed by atoms with Gasteiger partial charge in [0.25, 0.3) is 0 Å². The van der Waals surface area contributed by atoms with E-state index in [4.69, 9.17) is 5.11 Å². The zero-order chi connectivity index (χ0) is 12.8. The average molecular weight is 247 g/mol. The number of nitrogens with one attached hydrogen (secondary N) is 1. The Bertz CT molecular complexity index is 493. The van der Waals surface area contributed by atoms with Crippen LogP contribution in [-0.2, 0) is 13.5 Å². The number of aliphatic hydroxyl groups excluding tert-OH is 1. The third-order valence-corrected chi connectivity index (χ3v) is 3.14. The van der Waals surface area contributed by atoms with Crippen molar-refractivity contribution < 1.29 is 5.11 Å². The summed E-state index contributed by atoms with van der Waals surface area (Å²) < 4.78 is 2.03. The van der Waals surface area contributed by atoms with Crippen LogP contribution in [0.4, 0.5) is 0 Å². The molecule has 4 nitrogen and oxygen atoms in total. The first kappa shape index (κ1) is 13.1. The smallest absolute Gasteiger partial charge is 0.0955 e. The van der Waals surface area contributed by atoms with Gasteiger partial charge in [-0.25, -0.2) is 4.98 Å². The molecule has 1 aromatic heterocycles. The van der Waals surface area contributed by atoms with E-state index in [1.807, 2.05) is 17.9 Å². The molecule has 1 aromatic carbocycles. The summed E-state index contributed by atoms with van der Waals surface area (Å²) in [6.07, 6.45) is 4.79. The number of rotatable bonds is 7. The van der Waals surface area contributed by atoms with Crippen LogP contribution >= 0.6 is 0 Å². The Balaban J connectivity index is 1.81. The number of hydrogen-bond donors (Lipinski definition) is 2. The van der Waals surface area contributed by atoms with E-state index in [9.17, 15) is 0 Å². The van der Waals surface area contributed by atoms with Crippen molar-refractivity contribution in [2.45, 2.75) is 19.3 Å². The van der Waals surface area contributed by atoms with Gasteiger partial charge in [0.1, 0.15) is 0 Å². The lowest BCUT2D eigenvalue weighted by Crippen LogP contribution is -2.18. The Hall–Kier alpha value is -1.39. The summed E-state index contributed by atoms with van der Waals surface area (Å²) in [4.78, 5) is 4.36. The first-order valence-electron chi connectivity index (χ1n) is 6.53. The fourth-order valence-electron chi connectivity index (χ4n) is 2.06. The standard InChI is InChI=1S/C14H21N3O/c1-17-11-16-13-10-12(4-5-14(13)17)6-8-15-7-2-3-9-18/h4-5,10-11,15,18H,2-3,6-9H2,1H3. The molecule has 0 fully saturated rings. The molecule has 2 aromatic rings. The molecule has 0 bridgehead atoms. The third kappa shape index (κ3) is 3.31. The fourth-order valence-corrected chi connectivity index (χ4v) is 2.06. The van der Waals surface area contributed by atoms with Crippen molar-refractivity contribution in [2.24, 2.45) is 7.05 Å². The molecule has 0 saturated heterocycles. The monoisotopic (exact) mass is 247 g/mol. The minimum Gasteiger partial charge on any atom is -0.396 e. The molecule has 4 heteroatoms. The molecule has 2 N–H and O–H groups in total. The van der Waals surface area contributed by atoms with Gasteiger partial charge in [-0.3, -0.25) is 0 Å². The number of imidazole rings is 1. The van der Waals surface area contributed by atoms with Crippen LogP contribution in [0.15, 0.2) is 24.5 Å². The molecule has 2 rings (SSSR count). The number of nitrogens with zero attached hydrogens (tertiary/aromatic N) is 2. The van der Waals surface area contributed by atoms with Gasteiger partial charge < -0.3 is 15.0 Å². The minimum absolute atomic E-state index is 0.290. The highest BCUT2D eigenvalue weighted by atomic mass is 16.2. The molecule has 0 saturated carbocycles. The topological polar surface area (TPSA) is 50.1 Å². The number of fused-ring (bicyclic) bond motifs is 1. The van der Waals surface area contributed by atoms with Crippen LogP contribution in [0, 0.1) is 0 Å². The van der Waals surface area contributed by atoms with Crippen molar-refractivity contribution in [3.63, 3.8) is 0 Å². The van der Waals surface area contributed by atoms with Gasteiger partial charge in [-0.05, 0) is 50.0 Å².